The maximum atomic E-state index is 13.0. The molecule has 158 valence electrons. The van der Waals surface area contributed by atoms with Gasteiger partial charge in [0.1, 0.15) is 22.8 Å². The first-order valence-corrected chi connectivity index (χ1v) is 9.97. The number of carbonyl (C=O) groups is 1. The Labute approximate surface area is 184 Å². The zero-order chi connectivity index (χ0) is 22.7. The predicted molar refractivity (Wildman–Crippen MR) is 120 cm³/mol. The Hall–Kier alpha value is -4.37. The van der Waals surface area contributed by atoms with Crippen LogP contribution in [0.15, 0.2) is 82.0 Å². The van der Waals surface area contributed by atoms with Crippen LogP contribution in [0.5, 0.6) is 11.5 Å². The lowest BCUT2D eigenvalue weighted by Gasteiger charge is -2.14. The first-order chi connectivity index (χ1) is 15.5. The number of hydrogen-bond acceptors (Lipinski definition) is 6. The zero-order valence-corrected chi connectivity index (χ0v) is 17.5. The normalized spacial score (nSPS) is 11.5. The molecule has 0 radical (unpaired) electrons. The molecule has 32 heavy (non-hydrogen) atoms. The average molecular weight is 425 g/mol. The molecule has 0 saturated carbocycles. The van der Waals surface area contributed by atoms with E-state index in [1.54, 1.807) is 50.2 Å². The van der Waals surface area contributed by atoms with E-state index < -0.39 is 12.1 Å². The number of fused-ring (bicyclic) bond motifs is 1. The molecule has 0 aliphatic heterocycles. The Balaban J connectivity index is 1.55. The summed E-state index contributed by atoms with van der Waals surface area (Å²) in [6, 6.07) is 22.4. The van der Waals surface area contributed by atoms with Gasteiger partial charge in [-0.05, 0) is 55.8 Å². The highest BCUT2D eigenvalue weighted by molar-refractivity contribution is 5.85. The van der Waals surface area contributed by atoms with Crippen LogP contribution in [0.4, 0.5) is 0 Å². The van der Waals surface area contributed by atoms with E-state index >= 15 is 0 Å². The van der Waals surface area contributed by atoms with Crippen molar-refractivity contribution in [3.63, 3.8) is 0 Å². The number of ether oxygens (including phenoxy) is 2. The van der Waals surface area contributed by atoms with Crippen molar-refractivity contribution in [3.8, 4) is 28.7 Å². The third kappa shape index (κ3) is 4.23. The van der Waals surface area contributed by atoms with Crippen LogP contribution in [-0.4, -0.2) is 12.1 Å². The maximum Gasteiger partial charge on any atom is 0.352 e. The molecule has 0 spiro atoms. The van der Waals surface area contributed by atoms with Gasteiger partial charge >= 0.3 is 5.97 Å². The van der Waals surface area contributed by atoms with Gasteiger partial charge in [0.2, 0.25) is 5.43 Å². The standard InChI is InChI=1S/C26H19NO5/c1-16-24(19-6-4-3-5-7-19)25(28)22-13-12-21(14-23(22)31-16)32-26(29)17(2)30-20-10-8-18(15-27)9-11-20/h3-14,17H,1-2H3. The second kappa shape index (κ2) is 8.78. The molecule has 0 aliphatic carbocycles. The number of nitriles is 1. The summed E-state index contributed by atoms with van der Waals surface area (Å²) < 4.78 is 16.9. The molecule has 0 aliphatic rings. The molecule has 4 aromatic rings. The topological polar surface area (TPSA) is 89.5 Å². The fourth-order valence-corrected chi connectivity index (χ4v) is 3.35. The van der Waals surface area contributed by atoms with Crippen molar-refractivity contribution in [2.45, 2.75) is 20.0 Å². The number of benzene rings is 3. The van der Waals surface area contributed by atoms with Crippen LogP contribution in [0.1, 0.15) is 18.2 Å². The summed E-state index contributed by atoms with van der Waals surface area (Å²) in [6.07, 6.45) is -0.882. The molecule has 1 atom stereocenters. The van der Waals surface area contributed by atoms with E-state index in [4.69, 9.17) is 19.2 Å². The van der Waals surface area contributed by atoms with Crippen molar-refractivity contribution in [3.05, 3.63) is 94.3 Å². The first-order valence-electron chi connectivity index (χ1n) is 9.97. The summed E-state index contributed by atoms with van der Waals surface area (Å²) in [5.41, 5.74) is 1.97. The average Bonchev–Trinajstić information content (AvgIpc) is 2.80. The van der Waals surface area contributed by atoms with E-state index in [-0.39, 0.29) is 11.2 Å². The van der Waals surface area contributed by atoms with Gasteiger partial charge in [-0.3, -0.25) is 4.79 Å². The highest BCUT2D eigenvalue weighted by Gasteiger charge is 2.19. The lowest BCUT2D eigenvalue weighted by molar-refractivity contribution is -0.141. The van der Waals surface area contributed by atoms with Gasteiger partial charge in [0.15, 0.2) is 6.10 Å². The SMILES string of the molecule is Cc1oc2cc(OC(=O)C(C)Oc3ccc(C#N)cc3)ccc2c(=O)c1-c1ccccc1. The number of esters is 1. The highest BCUT2D eigenvalue weighted by Crippen LogP contribution is 2.26. The molecule has 3 aromatic carbocycles. The molecular formula is C26H19NO5. The van der Waals surface area contributed by atoms with E-state index in [1.807, 2.05) is 36.4 Å². The van der Waals surface area contributed by atoms with Crippen molar-refractivity contribution < 1.29 is 18.7 Å². The second-order valence-corrected chi connectivity index (χ2v) is 7.20. The van der Waals surface area contributed by atoms with Gasteiger partial charge in [0.25, 0.3) is 0 Å². The van der Waals surface area contributed by atoms with Crippen molar-refractivity contribution in [1.82, 2.24) is 0 Å². The third-order valence-electron chi connectivity index (χ3n) is 4.95. The van der Waals surface area contributed by atoms with Gasteiger partial charge in [-0.2, -0.15) is 5.26 Å². The predicted octanol–water partition coefficient (Wildman–Crippen LogP) is 5.01. The summed E-state index contributed by atoms with van der Waals surface area (Å²) in [4.78, 5) is 25.5. The van der Waals surface area contributed by atoms with E-state index in [1.165, 1.54) is 6.07 Å². The molecule has 4 rings (SSSR count). The van der Waals surface area contributed by atoms with Crippen molar-refractivity contribution >= 4 is 16.9 Å². The molecule has 0 bridgehead atoms. The van der Waals surface area contributed by atoms with E-state index in [9.17, 15) is 9.59 Å². The van der Waals surface area contributed by atoms with E-state index in [0.717, 1.165) is 5.56 Å². The molecular weight excluding hydrogens is 406 g/mol. The quantitative estimate of drug-likeness (QED) is 0.330. The second-order valence-electron chi connectivity index (χ2n) is 7.20. The van der Waals surface area contributed by atoms with E-state index in [2.05, 4.69) is 0 Å². The molecule has 1 heterocycles. The van der Waals surface area contributed by atoms with Gasteiger partial charge in [0.05, 0.1) is 22.6 Å². The summed E-state index contributed by atoms with van der Waals surface area (Å²) in [5, 5.41) is 9.25. The molecule has 1 unspecified atom stereocenters. The van der Waals surface area contributed by atoms with Crippen LogP contribution >= 0.6 is 0 Å². The number of hydrogen-bond donors (Lipinski definition) is 0. The minimum absolute atomic E-state index is 0.148. The summed E-state index contributed by atoms with van der Waals surface area (Å²) in [7, 11) is 0. The van der Waals surface area contributed by atoms with Crippen molar-refractivity contribution in [2.24, 2.45) is 0 Å². The summed E-state index contributed by atoms with van der Waals surface area (Å²) in [6.45, 7) is 3.30. The molecule has 0 saturated heterocycles. The molecule has 0 amide bonds. The minimum atomic E-state index is -0.882. The Kier molecular flexibility index (Phi) is 5.73. The van der Waals surface area contributed by atoms with Crippen molar-refractivity contribution in [1.29, 1.82) is 5.26 Å². The van der Waals surface area contributed by atoms with Gasteiger partial charge in [-0.25, -0.2) is 4.79 Å². The Bertz CT molecular complexity index is 1380. The van der Waals surface area contributed by atoms with E-state index in [0.29, 0.717) is 33.6 Å². The van der Waals surface area contributed by atoms with Gasteiger partial charge in [0, 0.05) is 6.07 Å². The molecule has 0 fully saturated rings. The van der Waals surface area contributed by atoms with Crippen molar-refractivity contribution in [2.75, 3.05) is 0 Å². The minimum Gasteiger partial charge on any atom is -0.479 e. The Morgan fingerprint density at radius 2 is 1.69 bits per heavy atom. The van der Waals surface area contributed by atoms with Crippen LogP contribution in [0, 0.1) is 18.3 Å². The van der Waals surface area contributed by atoms with Gasteiger partial charge in [-0.15, -0.1) is 0 Å². The van der Waals surface area contributed by atoms with Crippen LogP contribution in [-0.2, 0) is 4.79 Å². The number of nitrogens with zero attached hydrogens (tertiary/aromatic N) is 1. The van der Waals surface area contributed by atoms with Crippen LogP contribution in [0.25, 0.3) is 22.1 Å². The fraction of sp³-hybridized carbons (Fsp3) is 0.115. The van der Waals surface area contributed by atoms with Gasteiger partial charge in [-0.1, -0.05) is 30.3 Å². The maximum absolute atomic E-state index is 13.0. The van der Waals surface area contributed by atoms with Crippen LogP contribution in [0.2, 0.25) is 0 Å². The number of carbonyl (C=O) groups excluding carboxylic acids is 1. The molecule has 1 aromatic heterocycles. The molecule has 6 heteroatoms. The molecule has 0 N–H and O–H groups in total. The largest absolute Gasteiger partial charge is 0.479 e. The first kappa shape index (κ1) is 20.9. The summed E-state index contributed by atoms with van der Waals surface area (Å²) in [5.74, 6) is 0.568. The third-order valence-corrected chi connectivity index (χ3v) is 4.95. The monoisotopic (exact) mass is 425 g/mol. The van der Waals surface area contributed by atoms with Gasteiger partial charge < -0.3 is 13.9 Å². The smallest absolute Gasteiger partial charge is 0.352 e. The molecule has 6 nitrogen and oxygen atoms in total. The lowest BCUT2D eigenvalue weighted by atomic mass is 10.0. The Morgan fingerprint density at radius 1 is 1.00 bits per heavy atom. The Morgan fingerprint density at radius 3 is 2.38 bits per heavy atom. The number of aryl methyl sites for hydroxylation is 1. The lowest BCUT2D eigenvalue weighted by Crippen LogP contribution is -2.28. The zero-order valence-electron chi connectivity index (χ0n) is 17.5. The summed E-state index contributed by atoms with van der Waals surface area (Å²) >= 11 is 0. The fourth-order valence-electron chi connectivity index (χ4n) is 3.35. The highest BCUT2D eigenvalue weighted by atomic mass is 16.6. The van der Waals surface area contributed by atoms with Crippen LogP contribution in [0.3, 0.4) is 0 Å². The van der Waals surface area contributed by atoms with Crippen LogP contribution < -0.4 is 14.9 Å². The number of rotatable bonds is 5.